The van der Waals surface area contributed by atoms with Gasteiger partial charge in [0.1, 0.15) is 17.4 Å². The second kappa shape index (κ2) is 11.5. The molecule has 1 N–H and O–H groups in total. The normalized spacial score (nSPS) is 14.4. The van der Waals surface area contributed by atoms with Gasteiger partial charge in [0.2, 0.25) is 0 Å². The maximum atomic E-state index is 12.0. The Morgan fingerprint density at radius 1 is 1.23 bits per heavy atom. The van der Waals surface area contributed by atoms with E-state index < -0.39 is 0 Å². The molecule has 0 aliphatic carbocycles. The molecule has 0 bridgehead atoms. The molecule has 0 atom stereocenters. The molecule has 0 unspecified atom stereocenters. The van der Waals surface area contributed by atoms with Crippen LogP contribution in [0.1, 0.15) is 47.0 Å². The first-order valence-corrected chi connectivity index (χ1v) is 14.4. The highest BCUT2D eigenvalue weighted by molar-refractivity contribution is 8.19. The zero-order valence-electron chi connectivity index (χ0n) is 17.4. The summed E-state index contributed by atoms with van der Waals surface area (Å²) < 4.78 is 8.21. The van der Waals surface area contributed by atoms with E-state index in [0.29, 0.717) is 23.5 Å². The maximum Gasteiger partial charge on any atom is 0.343 e. The summed E-state index contributed by atoms with van der Waals surface area (Å²) in [6, 6.07) is 8.43. The Labute approximate surface area is 199 Å². The highest BCUT2D eigenvalue weighted by atomic mass is 32.2. The monoisotopic (exact) mass is 494 g/mol. The van der Waals surface area contributed by atoms with E-state index in [4.69, 9.17) is 4.74 Å². The minimum atomic E-state index is -0.137. The molecule has 0 radical (unpaired) electrons. The first-order chi connectivity index (χ1) is 15.2. The van der Waals surface area contributed by atoms with E-state index in [0.717, 1.165) is 40.9 Å². The molecular formula is C21H26N4O2S4. The van der Waals surface area contributed by atoms with Gasteiger partial charge in [-0.1, -0.05) is 43.7 Å². The van der Waals surface area contributed by atoms with Gasteiger partial charge in [0.05, 0.1) is 10.3 Å². The third-order valence-corrected chi connectivity index (χ3v) is 9.78. The molecule has 1 saturated heterocycles. The van der Waals surface area contributed by atoms with Gasteiger partial charge in [-0.15, -0.1) is 40.0 Å². The topological polar surface area (TPSA) is 72.8 Å². The first-order valence-electron chi connectivity index (χ1n) is 10.4. The first kappa shape index (κ1) is 22.8. The van der Waals surface area contributed by atoms with Crippen molar-refractivity contribution in [2.45, 2.75) is 54.8 Å². The average molecular weight is 495 g/mol. The molecule has 3 heterocycles. The summed E-state index contributed by atoms with van der Waals surface area (Å²) in [7, 11) is 0. The van der Waals surface area contributed by atoms with E-state index in [1.54, 1.807) is 27.7 Å². The van der Waals surface area contributed by atoms with E-state index in [-0.39, 0.29) is 5.69 Å². The number of H-pyrrole nitrogens is 1. The van der Waals surface area contributed by atoms with Crippen molar-refractivity contribution in [3.8, 4) is 5.75 Å². The van der Waals surface area contributed by atoms with Crippen molar-refractivity contribution in [1.29, 1.82) is 0 Å². The van der Waals surface area contributed by atoms with Crippen LogP contribution in [0.4, 0.5) is 0 Å². The molecule has 31 heavy (non-hydrogen) atoms. The molecule has 2 aromatic heterocycles. The zero-order valence-corrected chi connectivity index (χ0v) is 20.7. The lowest BCUT2D eigenvalue weighted by atomic mass is 10.2. The molecule has 0 amide bonds. The summed E-state index contributed by atoms with van der Waals surface area (Å²) in [6.07, 6.45) is 3.22. The Morgan fingerprint density at radius 3 is 2.81 bits per heavy atom. The van der Waals surface area contributed by atoms with Crippen LogP contribution in [-0.4, -0.2) is 31.3 Å². The van der Waals surface area contributed by atoms with Crippen molar-refractivity contribution in [3.05, 3.63) is 56.4 Å². The Balaban J connectivity index is 1.26. The number of thioether (sulfide) groups is 3. The highest BCUT2D eigenvalue weighted by Gasteiger charge is 2.18. The minimum absolute atomic E-state index is 0.137. The van der Waals surface area contributed by atoms with Crippen molar-refractivity contribution >= 4 is 46.6 Å². The number of nitrogens with zero attached hydrogens (tertiary/aromatic N) is 3. The van der Waals surface area contributed by atoms with Crippen LogP contribution < -0.4 is 10.4 Å². The fourth-order valence-electron chi connectivity index (χ4n) is 3.17. The number of hydrogen-bond donors (Lipinski definition) is 1. The molecule has 6 nitrogen and oxygen atoms in total. The molecule has 166 valence electrons. The van der Waals surface area contributed by atoms with Crippen molar-refractivity contribution < 1.29 is 4.74 Å². The lowest BCUT2D eigenvalue weighted by Gasteiger charge is -2.09. The summed E-state index contributed by atoms with van der Waals surface area (Å²) in [5, 5.41) is 10.5. The van der Waals surface area contributed by atoms with Crippen LogP contribution in [-0.2, 0) is 18.9 Å². The fraction of sp³-hybridized carbons (Fsp3) is 0.476. The molecule has 0 spiro atoms. The lowest BCUT2D eigenvalue weighted by molar-refractivity contribution is 0.305. The van der Waals surface area contributed by atoms with Gasteiger partial charge in [-0.05, 0) is 24.1 Å². The largest absolute Gasteiger partial charge is 0.486 e. The van der Waals surface area contributed by atoms with Gasteiger partial charge in [0, 0.05) is 29.2 Å². The number of unbranched alkanes of at least 4 members (excludes halogenated alkanes) is 2. The van der Waals surface area contributed by atoms with Crippen molar-refractivity contribution in [3.63, 3.8) is 0 Å². The third kappa shape index (κ3) is 6.34. The summed E-state index contributed by atoms with van der Waals surface area (Å²) >= 11 is 7.16. The predicted molar refractivity (Wildman–Crippen MR) is 132 cm³/mol. The van der Waals surface area contributed by atoms with Gasteiger partial charge >= 0.3 is 5.69 Å². The molecular weight excluding hydrogens is 469 g/mol. The standard InChI is InChI=1S/C21H26N4O2S4/c1-2-3-4-9-25-20(26)23-24-21(25)31-14-16-13-30-18(22-16)12-27-17-7-5-15(6-8-17)19-28-10-11-29-19/h5-8,13,19H,2-4,9-12,14H2,1H3,(H,23,26). The Hall–Kier alpha value is -1.36. The van der Waals surface area contributed by atoms with Gasteiger partial charge in [-0.2, -0.15) is 0 Å². The SMILES string of the molecule is CCCCCn1c(SCc2csc(COc3ccc(C4SCCS4)cc3)n2)n[nH]c1=O. The molecule has 1 aliphatic heterocycles. The summed E-state index contributed by atoms with van der Waals surface area (Å²) in [5.41, 5.74) is 2.21. The summed E-state index contributed by atoms with van der Waals surface area (Å²) in [5.74, 6) is 4.01. The Kier molecular flexibility index (Phi) is 8.46. The number of ether oxygens (including phenoxy) is 1. The van der Waals surface area contributed by atoms with Gasteiger partial charge in [-0.3, -0.25) is 4.57 Å². The molecule has 10 heteroatoms. The predicted octanol–water partition coefficient (Wildman–Crippen LogP) is 5.57. The van der Waals surface area contributed by atoms with Crippen LogP contribution in [0.15, 0.2) is 39.6 Å². The molecule has 1 aliphatic rings. The quantitative estimate of drug-likeness (QED) is 0.276. The van der Waals surface area contributed by atoms with E-state index in [2.05, 4.69) is 51.8 Å². The minimum Gasteiger partial charge on any atom is -0.486 e. The number of aromatic nitrogens is 4. The second-order valence-corrected chi connectivity index (χ2v) is 11.7. The van der Waals surface area contributed by atoms with E-state index in [1.165, 1.54) is 17.1 Å². The third-order valence-electron chi connectivity index (χ3n) is 4.79. The van der Waals surface area contributed by atoms with Crippen LogP contribution in [0, 0.1) is 0 Å². The van der Waals surface area contributed by atoms with Crippen LogP contribution in [0.5, 0.6) is 5.75 Å². The number of nitrogens with one attached hydrogen (secondary N) is 1. The average Bonchev–Trinajstić information content (AvgIpc) is 3.54. The fourth-order valence-corrected chi connectivity index (χ4v) is 7.70. The van der Waals surface area contributed by atoms with Gasteiger partial charge in [0.25, 0.3) is 0 Å². The van der Waals surface area contributed by atoms with Crippen molar-refractivity contribution in [2.24, 2.45) is 0 Å². The lowest BCUT2D eigenvalue weighted by Crippen LogP contribution is -2.17. The highest BCUT2D eigenvalue weighted by Crippen LogP contribution is 2.45. The molecule has 3 aromatic rings. The molecule has 0 saturated carbocycles. The molecule has 1 aromatic carbocycles. The van der Waals surface area contributed by atoms with Crippen molar-refractivity contribution in [1.82, 2.24) is 19.7 Å². The van der Waals surface area contributed by atoms with E-state index in [9.17, 15) is 4.79 Å². The zero-order chi connectivity index (χ0) is 21.5. The van der Waals surface area contributed by atoms with Gasteiger partial charge in [-0.25, -0.2) is 14.9 Å². The number of aromatic amines is 1. The van der Waals surface area contributed by atoms with Gasteiger partial charge in [0.15, 0.2) is 5.16 Å². The second-order valence-electron chi connectivity index (χ2n) is 7.12. The van der Waals surface area contributed by atoms with E-state index in [1.807, 2.05) is 23.5 Å². The molecule has 4 rings (SSSR count). The van der Waals surface area contributed by atoms with Crippen LogP contribution >= 0.6 is 46.6 Å². The van der Waals surface area contributed by atoms with Crippen molar-refractivity contribution in [2.75, 3.05) is 11.5 Å². The Morgan fingerprint density at radius 2 is 2.03 bits per heavy atom. The summed E-state index contributed by atoms with van der Waals surface area (Å²) in [6.45, 7) is 3.32. The number of benzene rings is 1. The summed E-state index contributed by atoms with van der Waals surface area (Å²) in [4.78, 5) is 16.6. The number of rotatable bonds is 11. The molecule has 1 fully saturated rings. The smallest absolute Gasteiger partial charge is 0.343 e. The van der Waals surface area contributed by atoms with Crippen LogP contribution in [0.3, 0.4) is 0 Å². The van der Waals surface area contributed by atoms with Gasteiger partial charge < -0.3 is 4.74 Å². The maximum absolute atomic E-state index is 12.0. The van der Waals surface area contributed by atoms with Crippen LogP contribution in [0.2, 0.25) is 0 Å². The van der Waals surface area contributed by atoms with E-state index >= 15 is 0 Å². The Bertz CT molecular complexity index is 1010. The number of hydrogen-bond acceptors (Lipinski definition) is 8. The van der Waals surface area contributed by atoms with Crippen LogP contribution in [0.25, 0.3) is 0 Å². The number of thiazole rings is 1.